The molecule has 0 unspecified atom stereocenters. The van der Waals surface area contributed by atoms with Gasteiger partial charge < -0.3 is 14.8 Å². The van der Waals surface area contributed by atoms with Crippen molar-refractivity contribution < 1.29 is 23.5 Å². The highest BCUT2D eigenvalue weighted by molar-refractivity contribution is 9.10. The largest absolute Gasteiger partial charge is 0.466 e. The van der Waals surface area contributed by atoms with Crippen molar-refractivity contribution in [2.24, 2.45) is 0 Å². The van der Waals surface area contributed by atoms with Gasteiger partial charge in [0.1, 0.15) is 11.5 Å². The van der Waals surface area contributed by atoms with Crippen LogP contribution in [0.25, 0.3) is 0 Å². The molecule has 0 heterocycles. The first-order valence-electron chi connectivity index (χ1n) is 5.08. The first kappa shape index (κ1) is 15.2. The van der Waals surface area contributed by atoms with Crippen molar-refractivity contribution in [3.63, 3.8) is 0 Å². The van der Waals surface area contributed by atoms with E-state index in [4.69, 9.17) is 0 Å². The average molecular weight is 332 g/mol. The fourth-order valence-corrected chi connectivity index (χ4v) is 1.53. The van der Waals surface area contributed by atoms with Crippen molar-refractivity contribution in [2.75, 3.05) is 19.5 Å². The number of rotatable bonds is 4. The van der Waals surface area contributed by atoms with Gasteiger partial charge in [0, 0.05) is 4.47 Å². The van der Waals surface area contributed by atoms with Crippen LogP contribution in [0.4, 0.5) is 10.1 Å². The van der Waals surface area contributed by atoms with Gasteiger partial charge in [-0.25, -0.2) is 14.0 Å². The number of esters is 2. The second-order valence-electron chi connectivity index (χ2n) is 3.32. The maximum Gasteiger partial charge on any atom is 0.354 e. The molecule has 0 saturated carbocycles. The molecule has 1 rings (SSSR count). The Morgan fingerprint density at radius 3 is 2.58 bits per heavy atom. The van der Waals surface area contributed by atoms with Crippen LogP contribution in [-0.2, 0) is 19.1 Å². The van der Waals surface area contributed by atoms with E-state index in [0.29, 0.717) is 4.47 Å². The number of benzene rings is 1. The summed E-state index contributed by atoms with van der Waals surface area (Å²) in [5, 5.41) is 2.48. The highest BCUT2D eigenvalue weighted by Gasteiger charge is 2.14. The normalized spacial score (nSPS) is 10.8. The zero-order valence-corrected chi connectivity index (χ0v) is 11.8. The summed E-state index contributed by atoms with van der Waals surface area (Å²) in [7, 11) is 2.31. The van der Waals surface area contributed by atoms with E-state index in [-0.39, 0.29) is 11.4 Å². The quantitative estimate of drug-likeness (QED) is 0.677. The van der Waals surface area contributed by atoms with Gasteiger partial charge in [-0.2, -0.15) is 0 Å². The number of nitrogens with one attached hydrogen (secondary N) is 1. The van der Waals surface area contributed by atoms with E-state index >= 15 is 0 Å². The molecule has 0 bridgehead atoms. The fraction of sp³-hybridized carbons (Fsp3) is 0.167. The lowest BCUT2D eigenvalue weighted by atomic mass is 10.3. The first-order valence-corrected chi connectivity index (χ1v) is 5.87. The second-order valence-corrected chi connectivity index (χ2v) is 4.24. The van der Waals surface area contributed by atoms with E-state index in [1.807, 2.05) is 0 Å². The van der Waals surface area contributed by atoms with Crippen LogP contribution in [0.3, 0.4) is 0 Å². The Kier molecular flexibility index (Phi) is 5.50. The zero-order valence-electron chi connectivity index (χ0n) is 10.2. The number of carbonyl (C=O) groups is 2. The van der Waals surface area contributed by atoms with E-state index in [2.05, 4.69) is 30.7 Å². The van der Waals surface area contributed by atoms with Gasteiger partial charge >= 0.3 is 11.9 Å². The molecule has 0 aromatic heterocycles. The standard InChI is InChI=1S/C12H11BrFNO4/c1-18-11(16)6-10(12(17)19-2)15-9-5-7(13)3-4-8(9)14/h3-6,15H,1-2H3/b10-6+. The SMILES string of the molecule is COC(=O)/C=C(/Nc1cc(Br)ccc1F)C(=O)OC. The Bertz CT molecular complexity index is 530. The van der Waals surface area contributed by atoms with Crippen molar-refractivity contribution in [3.05, 3.63) is 40.3 Å². The number of methoxy groups -OCH3 is 2. The third kappa shape index (κ3) is 4.36. The van der Waals surface area contributed by atoms with Gasteiger partial charge in [0.2, 0.25) is 0 Å². The Morgan fingerprint density at radius 2 is 2.00 bits per heavy atom. The maximum atomic E-state index is 13.5. The van der Waals surface area contributed by atoms with Gasteiger partial charge in [-0.05, 0) is 18.2 Å². The summed E-state index contributed by atoms with van der Waals surface area (Å²) in [5.74, 6) is -2.16. The molecular weight excluding hydrogens is 321 g/mol. The lowest BCUT2D eigenvalue weighted by Crippen LogP contribution is -2.16. The number of hydrogen-bond acceptors (Lipinski definition) is 5. The van der Waals surface area contributed by atoms with Crippen molar-refractivity contribution in [1.82, 2.24) is 0 Å². The molecule has 0 amide bonds. The summed E-state index contributed by atoms with van der Waals surface area (Å²) in [6, 6.07) is 4.13. The van der Waals surface area contributed by atoms with E-state index in [9.17, 15) is 14.0 Å². The van der Waals surface area contributed by atoms with Crippen LogP contribution < -0.4 is 5.32 Å². The smallest absolute Gasteiger partial charge is 0.354 e. The van der Waals surface area contributed by atoms with Crippen LogP contribution in [0.15, 0.2) is 34.4 Å². The van der Waals surface area contributed by atoms with Crippen LogP contribution in [0.2, 0.25) is 0 Å². The molecule has 1 N–H and O–H groups in total. The highest BCUT2D eigenvalue weighted by atomic mass is 79.9. The predicted molar refractivity (Wildman–Crippen MR) is 69.8 cm³/mol. The third-order valence-electron chi connectivity index (χ3n) is 2.07. The van der Waals surface area contributed by atoms with E-state index in [0.717, 1.165) is 20.3 Å². The van der Waals surface area contributed by atoms with Gasteiger partial charge in [0.05, 0.1) is 26.0 Å². The molecule has 0 atom stereocenters. The molecular formula is C12H11BrFNO4. The van der Waals surface area contributed by atoms with Gasteiger partial charge in [0.25, 0.3) is 0 Å². The van der Waals surface area contributed by atoms with Gasteiger partial charge in [0.15, 0.2) is 0 Å². The number of ether oxygens (including phenoxy) is 2. The van der Waals surface area contributed by atoms with Crippen LogP contribution in [0.5, 0.6) is 0 Å². The molecule has 7 heteroatoms. The number of halogens is 2. The molecule has 0 spiro atoms. The molecule has 1 aromatic rings. The minimum atomic E-state index is -0.815. The molecule has 0 radical (unpaired) electrons. The molecule has 19 heavy (non-hydrogen) atoms. The lowest BCUT2D eigenvalue weighted by Gasteiger charge is -2.10. The van der Waals surface area contributed by atoms with Crippen molar-refractivity contribution in [3.8, 4) is 0 Å². The minimum absolute atomic E-state index is 0.0231. The molecule has 1 aromatic carbocycles. The third-order valence-corrected chi connectivity index (χ3v) is 2.56. The monoisotopic (exact) mass is 331 g/mol. The summed E-state index contributed by atoms with van der Waals surface area (Å²) in [6.45, 7) is 0. The lowest BCUT2D eigenvalue weighted by molar-refractivity contribution is -0.138. The van der Waals surface area contributed by atoms with Crippen LogP contribution in [-0.4, -0.2) is 26.2 Å². The Hall–Kier alpha value is -1.89. The Balaban J connectivity index is 3.07. The predicted octanol–water partition coefficient (Wildman–Crippen LogP) is 2.23. The average Bonchev–Trinajstić information content (AvgIpc) is 2.40. The molecule has 0 aliphatic rings. The molecule has 0 saturated heterocycles. The Labute approximate surface area is 117 Å². The Morgan fingerprint density at radius 1 is 1.32 bits per heavy atom. The minimum Gasteiger partial charge on any atom is -0.466 e. The summed E-state index contributed by atoms with van der Waals surface area (Å²) >= 11 is 3.17. The van der Waals surface area contributed by atoms with Crippen molar-refractivity contribution >= 4 is 33.6 Å². The molecule has 0 fully saturated rings. The van der Waals surface area contributed by atoms with E-state index in [1.165, 1.54) is 18.2 Å². The highest BCUT2D eigenvalue weighted by Crippen LogP contribution is 2.21. The summed E-state index contributed by atoms with van der Waals surface area (Å²) in [6.07, 6.45) is 0.881. The van der Waals surface area contributed by atoms with Crippen LogP contribution >= 0.6 is 15.9 Å². The zero-order chi connectivity index (χ0) is 14.4. The van der Waals surface area contributed by atoms with Gasteiger partial charge in [-0.3, -0.25) is 0 Å². The molecule has 102 valence electrons. The second kappa shape index (κ2) is 6.89. The van der Waals surface area contributed by atoms with Crippen molar-refractivity contribution in [1.29, 1.82) is 0 Å². The number of carbonyl (C=O) groups excluding carboxylic acids is 2. The molecule has 0 aliphatic heterocycles. The first-order chi connectivity index (χ1) is 8.97. The number of hydrogen-bond donors (Lipinski definition) is 1. The van der Waals surface area contributed by atoms with Gasteiger partial charge in [-0.15, -0.1) is 0 Å². The molecule has 0 aliphatic carbocycles. The van der Waals surface area contributed by atoms with Crippen LogP contribution in [0.1, 0.15) is 0 Å². The maximum absolute atomic E-state index is 13.5. The summed E-state index contributed by atoms with van der Waals surface area (Å²) in [4.78, 5) is 22.6. The topological polar surface area (TPSA) is 64.6 Å². The summed E-state index contributed by atoms with van der Waals surface area (Å²) in [5.41, 5.74) is -0.207. The van der Waals surface area contributed by atoms with E-state index < -0.39 is 17.8 Å². The number of anilines is 1. The molecule has 5 nitrogen and oxygen atoms in total. The van der Waals surface area contributed by atoms with E-state index in [1.54, 1.807) is 0 Å². The van der Waals surface area contributed by atoms with Crippen LogP contribution in [0, 0.1) is 5.82 Å². The van der Waals surface area contributed by atoms with Gasteiger partial charge in [-0.1, -0.05) is 15.9 Å². The fourth-order valence-electron chi connectivity index (χ4n) is 1.17. The van der Waals surface area contributed by atoms with Crippen molar-refractivity contribution in [2.45, 2.75) is 0 Å². The summed E-state index contributed by atoms with van der Waals surface area (Å²) < 4.78 is 23.0.